The third-order valence-electron chi connectivity index (χ3n) is 1.70. The van der Waals surface area contributed by atoms with Crippen LogP contribution in [0.2, 0.25) is 0 Å². The van der Waals surface area contributed by atoms with Crippen molar-refractivity contribution in [1.82, 2.24) is 5.32 Å². The number of rotatable bonds is 3. The molecule has 0 aliphatic carbocycles. The molecule has 1 N–H and O–H groups in total. The number of benzene rings is 1. The molecule has 0 bridgehead atoms. The van der Waals surface area contributed by atoms with Crippen LogP contribution in [0.4, 0.5) is 0 Å². The van der Waals surface area contributed by atoms with Gasteiger partial charge in [0, 0.05) is 5.56 Å². The number of carbonyl (C=O) groups excluding carboxylic acids is 3. The van der Waals surface area contributed by atoms with Crippen LogP contribution in [-0.2, 0) is 9.59 Å². The molecular formula is C11H11NO3. The Morgan fingerprint density at radius 1 is 1.13 bits per heavy atom. The minimum absolute atomic E-state index is 0.265. The van der Waals surface area contributed by atoms with Crippen LogP contribution in [0.15, 0.2) is 30.3 Å². The second-order valence-corrected chi connectivity index (χ2v) is 3.12. The van der Waals surface area contributed by atoms with Crippen LogP contribution in [-0.4, -0.2) is 17.6 Å². The third kappa shape index (κ3) is 3.72. The highest BCUT2D eigenvalue weighted by molar-refractivity contribution is 6.09. The van der Waals surface area contributed by atoms with Crippen molar-refractivity contribution in [2.75, 3.05) is 0 Å². The highest BCUT2D eigenvalue weighted by Crippen LogP contribution is 1.97. The van der Waals surface area contributed by atoms with Crippen LogP contribution >= 0.6 is 0 Å². The summed E-state index contributed by atoms with van der Waals surface area (Å²) in [6.07, 6.45) is -0.265. The first-order valence-corrected chi connectivity index (χ1v) is 4.48. The Morgan fingerprint density at radius 3 is 2.27 bits per heavy atom. The average molecular weight is 205 g/mol. The van der Waals surface area contributed by atoms with Gasteiger partial charge in [-0.3, -0.25) is 19.7 Å². The van der Waals surface area contributed by atoms with Crippen molar-refractivity contribution in [3.63, 3.8) is 0 Å². The predicted octanol–water partition coefficient (Wildman–Crippen LogP) is 0.922. The van der Waals surface area contributed by atoms with Crippen LogP contribution in [0.1, 0.15) is 23.7 Å². The Morgan fingerprint density at radius 2 is 1.73 bits per heavy atom. The maximum atomic E-state index is 11.4. The molecule has 0 aromatic heterocycles. The summed E-state index contributed by atoms with van der Waals surface area (Å²) in [5.41, 5.74) is 0.398. The van der Waals surface area contributed by atoms with Gasteiger partial charge in [-0.2, -0.15) is 0 Å². The fourth-order valence-electron chi connectivity index (χ4n) is 1.06. The molecule has 0 spiro atoms. The Bertz CT molecular complexity index is 384. The molecule has 0 aliphatic rings. The lowest BCUT2D eigenvalue weighted by Gasteiger charge is -2.01. The molecule has 0 fully saturated rings. The van der Waals surface area contributed by atoms with Gasteiger partial charge >= 0.3 is 0 Å². The van der Waals surface area contributed by atoms with E-state index in [1.807, 2.05) is 0 Å². The predicted molar refractivity (Wildman–Crippen MR) is 54.2 cm³/mol. The minimum atomic E-state index is -0.573. The van der Waals surface area contributed by atoms with Crippen molar-refractivity contribution in [2.45, 2.75) is 13.3 Å². The number of carbonyl (C=O) groups is 3. The van der Waals surface area contributed by atoms with E-state index in [1.54, 1.807) is 30.3 Å². The second-order valence-electron chi connectivity index (χ2n) is 3.12. The minimum Gasteiger partial charge on any atom is -0.299 e. The molecule has 78 valence electrons. The van der Waals surface area contributed by atoms with Crippen molar-refractivity contribution < 1.29 is 14.4 Å². The number of hydrogen-bond acceptors (Lipinski definition) is 3. The summed E-state index contributed by atoms with van der Waals surface area (Å²) in [6, 6.07) is 8.36. The van der Waals surface area contributed by atoms with Crippen molar-refractivity contribution in [2.24, 2.45) is 0 Å². The highest BCUT2D eigenvalue weighted by Gasteiger charge is 2.10. The number of imide groups is 1. The van der Waals surface area contributed by atoms with Crippen LogP contribution in [0.5, 0.6) is 0 Å². The van der Waals surface area contributed by atoms with E-state index in [9.17, 15) is 14.4 Å². The van der Waals surface area contributed by atoms with Gasteiger partial charge in [0.2, 0.25) is 5.91 Å². The van der Waals surface area contributed by atoms with E-state index in [4.69, 9.17) is 0 Å². The van der Waals surface area contributed by atoms with E-state index in [2.05, 4.69) is 5.32 Å². The Balaban J connectivity index is 2.57. The summed E-state index contributed by atoms with van der Waals surface area (Å²) < 4.78 is 0. The largest absolute Gasteiger partial charge is 0.299 e. The fourth-order valence-corrected chi connectivity index (χ4v) is 1.06. The molecule has 2 amide bonds. The van der Waals surface area contributed by atoms with Crippen LogP contribution in [0, 0.1) is 0 Å². The molecule has 0 radical (unpaired) electrons. The zero-order chi connectivity index (χ0) is 11.3. The summed E-state index contributed by atoms with van der Waals surface area (Å²) in [7, 11) is 0. The molecule has 0 saturated carbocycles. The van der Waals surface area contributed by atoms with Gasteiger partial charge in [0.05, 0.1) is 6.42 Å². The van der Waals surface area contributed by atoms with Gasteiger partial charge in [-0.25, -0.2) is 0 Å². The number of nitrogens with one attached hydrogen (secondary N) is 1. The molecule has 15 heavy (non-hydrogen) atoms. The Kier molecular flexibility index (Phi) is 3.74. The Hall–Kier alpha value is -1.97. The standard InChI is InChI=1S/C11H11NO3/c1-8(13)7-10(14)12-11(15)9-5-3-2-4-6-9/h2-6H,7H2,1H3,(H,12,14,15). The van der Waals surface area contributed by atoms with E-state index in [-0.39, 0.29) is 12.2 Å². The van der Waals surface area contributed by atoms with Gasteiger partial charge in [-0.15, -0.1) is 0 Å². The second kappa shape index (κ2) is 5.05. The summed E-state index contributed by atoms with van der Waals surface area (Å²) >= 11 is 0. The first-order chi connectivity index (χ1) is 7.09. The molecule has 1 aromatic rings. The number of ketones is 1. The molecule has 0 saturated heterocycles. The number of Topliss-reactive ketones (excluding diaryl/α,β-unsaturated/α-hetero) is 1. The fraction of sp³-hybridized carbons (Fsp3) is 0.182. The smallest absolute Gasteiger partial charge is 0.257 e. The zero-order valence-electron chi connectivity index (χ0n) is 8.32. The molecule has 1 rings (SSSR count). The van der Waals surface area contributed by atoms with Gasteiger partial charge in [-0.05, 0) is 19.1 Å². The maximum Gasteiger partial charge on any atom is 0.257 e. The Labute approximate surface area is 87.3 Å². The van der Waals surface area contributed by atoms with Gasteiger partial charge in [0.15, 0.2) is 0 Å². The molecule has 1 aromatic carbocycles. The van der Waals surface area contributed by atoms with Crippen molar-refractivity contribution in [3.8, 4) is 0 Å². The molecule has 0 heterocycles. The molecule has 0 aliphatic heterocycles. The topological polar surface area (TPSA) is 63.2 Å². The highest BCUT2D eigenvalue weighted by atomic mass is 16.2. The van der Waals surface area contributed by atoms with Crippen molar-refractivity contribution in [1.29, 1.82) is 0 Å². The molecule has 0 atom stereocenters. The normalized spacial score (nSPS) is 9.40. The molecule has 0 unspecified atom stereocenters. The summed E-state index contributed by atoms with van der Waals surface area (Å²) in [6.45, 7) is 1.30. The lowest BCUT2D eigenvalue weighted by atomic mass is 10.2. The first kappa shape index (κ1) is 11.1. The van der Waals surface area contributed by atoms with Crippen molar-refractivity contribution >= 4 is 17.6 Å². The van der Waals surface area contributed by atoms with E-state index < -0.39 is 11.8 Å². The summed E-state index contributed by atoms with van der Waals surface area (Å²) in [4.78, 5) is 33.1. The van der Waals surface area contributed by atoms with Crippen molar-refractivity contribution in [3.05, 3.63) is 35.9 Å². The van der Waals surface area contributed by atoms with Crippen LogP contribution < -0.4 is 5.32 Å². The van der Waals surface area contributed by atoms with Crippen LogP contribution in [0.3, 0.4) is 0 Å². The lowest BCUT2D eigenvalue weighted by molar-refractivity contribution is -0.126. The van der Waals surface area contributed by atoms with E-state index in [0.29, 0.717) is 5.56 Å². The van der Waals surface area contributed by atoms with Gasteiger partial charge in [0.25, 0.3) is 5.91 Å². The maximum absolute atomic E-state index is 11.4. The SMILES string of the molecule is CC(=O)CC(=O)NC(=O)c1ccccc1. The zero-order valence-corrected chi connectivity index (χ0v) is 8.32. The van der Waals surface area contributed by atoms with E-state index >= 15 is 0 Å². The lowest BCUT2D eigenvalue weighted by Crippen LogP contribution is -2.31. The first-order valence-electron chi connectivity index (χ1n) is 4.48. The molecule has 4 heteroatoms. The van der Waals surface area contributed by atoms with E-state index in [0.717, 1.165) is 0 Å². The summed E-state index contributed by atoms with van der Waals surface area (Å²) in [5.74, 6) is -1.33. The van der Waals surface area contributed by atoms with Crippen LogP contribution in [0.25, 0.3) is 0 Å². The van der Waals surface area contributed by atoms with E-state index in [1.165, 1.54) is 6.92 Å². The van der Waals surface area contributed by atoms with Gasteiger partial charge in [-0.1, -0.05) is 18.2 Å². The monoisotopic (exact) mass is 205 g/mol. The average Bonchev–Trinajstić information content (AvgIpc) is 2.17. The van der Waals surface area contributed by atoms with Gasteiger partial charge in [0.1, 0.15) is 5.78 Å². The summed E-state index contributed by atoms with van der Waals surface area (Å²) in [5, 5.41) is 2.13. The quantitative estimate of drug-likeness (QED) is 0.746. The van der Waals surface area contributed by atoms with Gasteiger partial charge < -0.3 is 0 Å². The third-order valence-corrected chi connectivity index (χ3v) is 1.70. The molecular weight excluding hydrogens is 194 g/mol. The number of amides is 2. The molecule has 4 nitrogen and oxygen atoms in total. The number of hydrogen-bond donors (Lipinski definition) is 1.